The number of rotatable bonds is 3. The SMILES string of the molecule is N#Cc1ccc(C(=O)NC2CCCCC2CBr)cc1. The van der Waals surface area contributed by atoms with Gasteiger partial charge in [-0.05, 0) is 43.0 Å². The minimum Gasteiger partial charge on any atom is -0.349 e. The first-order valence-electron chi connectivity index (χ1n) is 6.61. The zero-order chi connectivity index (χ0) is 13.7. The van der Waals surface area contributed by atoms with Gasteiger partial charge in [-0.15, -0.1) is 0 Å². The highest BCUT2D eigenvalue weighted by atomic mass is 79.9. The predicted molar refractivity (Wildman–Crippen MR) is 78.2 cm³/mol. The van der Waals surface area contributed by atoms with E-state index in [1.807, 2.05) is 0 Å². The number of hydrogen-bond donors (Lipinski definition) is 1. The summed E-state index contributed by atoms with van der Waals surface area (Å²) in [5.74, 6) is 0.485. The predicted octanol–water partition coefficient (Wildman–Crippen LogP) is 3.24. The van der Waals surface area contributed by atoms with Crippen molar-refractivity contribution in [2.45, 2.75) is 31.7 Å². The zero-order valence-corrected chi connectivity index (χ0v) is 12.3. The maximum absolute atomic E-state index is 12.2. The summed E-state index contributed by atoms with van der Waals surface area (Å²) in [4.78, 5) is 12.2. The van der Waals surface area contributed by atoms with Crippen molar-refractivity contribution in [3.05, 3.63) is 35.4 Å². The van der Waals surface area contributed by atoms with E-state index in [4.69, 9.17) is 5.26 Å². The Morgan fingerprint density at radius 1 is 1.32 bits per heavy atom. The van der Waals surface area contributed by atoms with Crippen molar-refractivity contribution < 1.29 is 4.79 Å². The smallest absolute Gasteiger partial charge is 0.251 e. The quantitative estimate of drug-likeness (QED) is 0.869. The number of carbonyl (C=O) groups is 1. The van der Waals surface area contributed by atoms with Crippen LogP contribution in [-0.4, -0.2) is 17.3 Å². The van der Waals surface area contributed by atoms with E-state index < -0.39 is 0 Å². The van der Waals surface area contributed by atoms with Crippen molar-refractivity contribution in [2.75, 3.05) is 5.33 Å². The van der Waals surface area contributed by atoms with Gasteiger partial charge in [0.25, 0.3) is 5.91 Å². The molecule has 2 atom stereocenters. The van der Waals surface area contributed by atoms with E-state index in [0.717, 1.165) is 11.8 Å². The number of carbonyl (C=O) groups excluding carboxylic acids is 1. The molecule has 1 aromatic carbocycles. The molecule has 4 heteroatoms. The molecule has 1 aliphatic carbocycles. The Morgan fingerprint density at radius 2 is 2.00 bits per heavy atom. The normalized spacial score (nSPS) is 22.5. The number of hydrogen-bond acceptors (Lipinski definition) is 2. The fourth-order valence-electron chi connectivity index (χ4n) is 2.53. The molecule has 2 unspecified atom stereocenters. The van der Waals surface area contributed by atoms with Crippen molar-refractivity contribution in [2.24, 2.45) is 5.92 Å². The van der Waals surface area contributed by atoms with Crippen molar-refractivity contribution >= 4 is 21.8 Å². The van der Waals surface area contributed by atoms with Crippen LogP contribution in [0.2, 0.25) is 0 Å². The summed E-state index contributed by atoms with van der Waals surface area (Å²) >= 11 is 3.53. The number of amides is 1. The highest BCUT2D eigenvalue weighted by molar-refractivity contribution is 9.09. The molecule has 1 aromatic rings. The Labute approximate surface area is 122 Å². The van der Waals surface area contributed by atoms with Gasteiger partial charge in [-0.25, -0.2) is 0 Å². The lowest BCUT2D eigenvalue weighted by molar-refractivity contribution is 0.0911. The zero-order valence-electron chi connectivity index (χ0n) is 10.7. The number of nitrogens with zero attached hydrogens (tertiary/aromatic N) is 1. The summed E-state index contributed by atoms with van der Waals surface area (Å²) < 4.78 is 0. The van der Waals surface area contributed by atoms with Crippen LogP contribution in [0.5, 0.6) is 0 Å². The van der Waals surface area contributed by atoms with Crippen LogP contribution in [0.25, 0.3) is 0 Å². The maximum atomic E-state index is 12.2. The minimum atomic E-state index is -0.0395. The number of nitriles is 1. The van der Waals surface area contributed by atoms with E-state index in [-0.39, 0.29) is 11.9 Å². The van der Waals surface area contributed by atoms with Gasteiger partial charge in [-0.2, -0.15) is 5.26 Å². The first-order chi connectivity index (χ1) is 9.24. The van der Waals surface area contributed by atoms with E-state index in [1.54, 1.807) is 24.3 Å². The number of benzene rings is 1. The molecule has 0 radical (unpaired) electrons. The third kappa shape index (κ3) is 3.57. The van der Waals surface area contributed by atoms with Gasteiger partial charge in [0.05, 0.1) is 11.6 Å². The third-order valence-corrected chi connectivity index (χ3v) is 4.53. The average molecular weight is 321 g/mol. The summed E-state index contributed by atoms with van der Waals surface area (Å²) in [6.45, 7) is 0. The van der Waals surface area contributed by atoms with E-state index >= 15 is 0 Å². The van der Waals surface area contributed by atoms with E-state index in [2.05, 4.69) is 27.3 Å². The van der Waals surface area contributed by atoms with Crippen molar-refractivity contribution in [3.8, 4) is 6.07 Å². The molecular formula is C15H17BrN2O. The monoisotopic (exact) mass is 320 g/mol. The second-order valence-electron chi connectivity index (χ2n) is 4.97. The largest absolute Gasteiger partial charge is 0.349 e. The van der Waals surface area contributed by atoms with E-state index in [1.165, 1.54) is 19.3 Å². The highest BCUT2D eigenvalue weighted by Crippen LogP contribution is 2.26. The van der Waals surface area contributed by atoms with Gasteiger partial charge < -0.3 is 5.32 Å². The van der Waals surface area contributed by atoms with Gasteiger partial charge in [-0.3, -0.25) is 4.79 Å². The molecule has 0 aliphatic heterocycles. The second kappa shape index (κ2) is 6.72. The average Bonchev–Trinajstić information content (AvgIpc) is 2.48. The van der Waals surface area contributed by atoms with Crippen LogP contribution in [-0.2, 0) is 0 Å². The summed E-state index contributed by atoms with van der Waals surface area (Å²) in [5, 5.41) is 12.8. The fourth-order valence-corrected chi connectivity index (χ4v) is 3.31. The number of halogens is 1. The van der Waals surface area contributed by atoms with Crippen LogP contribution in [0, 0.1) is 17.2 Å². The van der Waals surface area contributed by atoms with Gasteiger partial charge >= 0.3 is 0 Å². The summed E-state index contributed by atoms with van der Waals surface area (Å²) in [5.41, 5.74) is 1.20. The minimum absolute atomic E-state index is 0.0395. The molecule has 0 spiro atoms. The van der Waals surface area contributed by atoms with E-state index in [0.29, 0.717) is 17.0 Å². The fraction of sp³-hybridized carbons (Fsp3) is 0.467. The topological polar surface area (TPSA) is 52.9 Å². The van der Waals surface area contributed by atoms with E-state index in [9.17, 15) is 4.79 Å². The van der Waals surface area contributed by atoms with Crippen LogP contribution in [0.1, 0.15) is 41.6 Å². The Morgan fingerprint density at radius 3 is 2.63 bits per heavy atom. The Kier molecular flexibility index (Phi) is 4.98. The molecule has 0 bridgehead atoms. The lowest BCUT2D eigenvalue weighted by atomic mass is 9.86. The van der Waals surface area contributed by atoms with Gasteiger partial charge in [0.15, 0.2) is 0 Å². The van der Waals surface area contributed by atoms with Gasteiger partial charge in [0, 0.05) is 16.9 Å². The molecule has 1 aliphatic rings. The molecule has 0 heterocycles. The second-order valence-corrected chi connectivity index (χ2v) is 5.62. The van der Waals surface area contributed by atoms with Gasteiger partial charge in [-0.1, -0.05) is 28.8 Å². The van der Waals surface area contributed by atoms with Crippen molar-refractivity contribution in [3.63, 3.8) is 0 Å². The summed E-state index contributed by atoms with van der Waals surface area (Å²) in [6, 6.07) is 9.09. The molecule has 0 saturated heterocycles. The summed E-state index contributed by atoms with van der Waals surface area (Å²) in [7, 11) is 0. The first kappa shape index (κ1) is 14.1. The molecule has 1 amide bonds. The van der Waals surface area contributed by atoms with Gasteiger partial charge in [0.2, 0.25) is 0 Å². The summed E-state index contributed by atoms with van der Waals surface area (Å²) in [6.07, 6.45) is 4.66. The van der Waals surface area contributed by atoms with Gasteiger partial charge in [0.1, 0.15) is 0 Å². The molecule has 1 fully saturated rings. The highest BCUT2D eigenvalue weighted by Gasteiger charge is 2.25. The molecule has 100 valence electrons. The number of alkyl halides is 1. The van der Waals surface area contributed by atoms with Crippen molar-refractivity contribution in [1.29, 1.82) is 5.26 Å². The lowest BCUT2D eigenvalue weighted by Crippen LogP contribution is -2.42. The molecule has 19 heavy (non-hydrogen) atoms. The molecular weight excluding hydrogens is 304 g/mol. The molecule has 3 nitrogen and oxygen atoms in total. The molecule has 1 saturated carbocycles. The van der Waals surface area contributed by atoms with Crippen molar-refractivity contribution in [1.82, 2.24) is 5.32 Å². The molecule has 0 aromatic heterocycles. The van der Waals surface area contributed by atoms with Crippen LogP contribution in [0.4, 0.5) is 0 Å². The first-order valence-corrected chi connectivity index (χ1v) is 7.73. The van der Waals surface area contributed by atoms with Crippen LogP contribution >= 0.6 is 15.9 Å². The Bertz CT molecular complexity index is 478. The van der Waals surface area contributed by atoms with Crippen LogP contribution < -0.4 is 5.32 Å². The van der Waals surface area contributed by atoms with Crippen LogP contribution in [0.15, 0.2) is 24.3 Å². The third-order valence-electron chi connectivity index (χ3n) is 3.70. The maximum Gasteiger partial charge on any atom is 0.251 e. The molecule has 1 N–H and O–H groups in total. The van der Waals surface area contributed by atoms with Crippen LogP contribution in [0.3, 0.4) is 0 Å². The lowest BCUT2D eigenvalue weighted by Gasteiger charge is -2.31. The number of nitrogens with one attached hydrogen (secondary N) is 1. The Hall–Kier alpha value is -1.34. The molecule has 2 rings (SSSR count). The Balaban J connectivity index is 2.01. The standard InChI is InChI=1S/C15H17BrN2O/c16-9-13-3-1-2-4-14(13)18-15(19)12-7-5-11(10-17)6-8-12/h5-8,13-14H,1-4,9H2,(H,18,19).